The number of fused-ring (bicyclic) bond motifs is 2. The van der Waals surface area contributed by atoms with Gasteiger partial charge in [0.05, 0.1) is 12.1 Å². The number of carbonyl (C=O) groups is 1. The number of aromatic nitrogens is 2. The van der Waals surface area contributed by atoms with Gasteiger partial charge in [0.25, 0.3) is 0 Å². The summed E-state index contributed by atoms with van der Waals surface area (Å²) in [5, 5.41) is 10.6. The fourth-order valence-electron chi connectivity index (χ4n) is 3.00. The van der Waals surface area contributed by atoms with Crippen molar-refractivity contribution < 1.29 is 4.79 Å². The number of rotatable bonds is 3. The molecule has 5 nitrogen and oxygen atoms in total. The Labute approximate surface area is 101 Å². The van der Waals surface area contributed by atoms with Gasteiger partial charge in [-0.1, -0.05) is 0 Å². The zero-order valence-corrected chi connectivity index (χ0v) is 10.0. The Hall–Kier alpha value is -1.36. The maximum absolute atomic E-state index is 12.0. The van der Waals surface area contributed by atoms with Gasteiger partial charge in [0.2, 0.25) is 5.91 Å². The molecule has 5 heteroatoms. The monoisotopic (exact) mass is 234 g/mol. The van der Waals surface area contributed by atoms with Crippen LogP contribution in [-0.2, 0) is 18.4 Å². The van der Waals surface area contributed by atoms with E-state index < -0.39 is 0 Å². The highest BCUT2D eigenvalue weighted by molar-refractivity contribution is 5.80. The molecule has 3 heterocycles. The number of aryl methyl sites for hydroxylation is 1. The topological polar surface area (TPSA) is 59.0 Å². The van der Waals surface area contributed by atoms with Crippen LogP contribution in [0.15, 0.2) is 12.4 Å². The standard InChI is InChI=1S/C12H18N4O/c1-16-7-8(6-14-16)5-13-12(17)10-4-9-2-3-11(10)15-9/h6-7,9-11,15H,2-5H2,1H3,(H,13,17). The lowest BCUT2D eigenvalue weighted by Crippen LogP contribution is -2.37. The average molecular weight is 234 g/mol. The third-order valence-corrected chi connectivity index (χ3v) is 3.86. The zero-order valence-electron chi connectivity index (χ0n) is 10.0. The number of hydrogen-bond acceptors (Lipinski definition) is 3. The quantitative estimate of drug-likeness (QED) is 0.784. The van der Waals surface area contributed by atoms with Crippen LogP contribution in [0.4, 0.5) is 0 Å². The summed E-state index contributed by atoms with van der Waals surface area (Å²) in [5.74, 6) is 0.360. The second-order valence-electron chi connectivity index (χ2n) is 5.13. The molecule has 0 saturated carbocycles. The molecule has 2 fully saturated rings. The molecule has 3 atom stereocenters. The summed E-state index contributed by atoms with van der Waals surface area (Å²) in [6.45, 7) is 0.584. The maximum atomic E-state index is 12.0. The molecule has 17 heavy (non-hydrogen) atoms. The first kappa shape index (κ1) is 10.8. The van der Waals surface area contributed by atoms with Crippen molar-refractivity contribution in [2.75, 3.05) is 0 Å². The van der Waals surface area contributed by atoms with E-state index in [0.717, 1.165) is 18.4 Å². The zero-order chi connectivity index (χ0) is 11.8. The molecule has 0 radical (unpaired) electrons. The molecule has 2 aliphatic heterocycles. The smallest absolute Gasteiger partial charge is 0.225 e. The summed E-state index contributed by atoms with van der Waals surface area (Å²) in [5.41, 5.74) is 1.05. The first-order chi connectivity index (χ1) is 8.22. The molecule has 3 unspecified atom stereocenters. The summed E-state index contributed by atoms with van der Waals surface area (Å²) in [4.78, 5) is 12.0. The highest BCUT2D eigenvalue weighted by Gasteiger charge is 2.42. The Morgan fingerprint density at radius 3 is 3.12 bits per heavy atom. The lowest BCUT2D eigenvalue weighted by molar-refractivity contribution is -0.125. The predicted octanol–water partition coefficient (Wildman–Crippen LogP) is 0.177. The minimum atomic E-state index is 0.172. The van der Waals surface area contributed by atoms with Gasteiger partial charge in [0, 0.05) is 37.4 Å². The molecular weight excluding hydrogens is 216 g/mol. The van der Waals surface area contributed by atoms with Crippen LogP contribution in [0.2, 0.25) is 0 Å². The highest BCUT2D eigenvalue weighted by Crippen LogP contribution is 2.33. The van der Waals surface area contributed by atoms with Crippen LogP contribution in [0.3, 0.4) is 0 Å². The fraction of sp³-hybridized carbons (Fsp3) is 0.667. The molecular formula is C12H18N4O. The van der Waals surface area contributed by atoms with Crippen LogP contribution in [0.25, 0.3) is 0 Å². The van der Waals surface area contributed by atoms with Crippen molar-refractivity contribution >= 4 is 5.91 Å². The predicted molar refractivity (Wildman–Crippen MR) is 63.1 cm³/mol. The molecule has 1 aromatic heterocycles. The number of carbonyl (C=O) groups excluding carboxylic acids is 1. The van der Waals surface area contributed by atoms with Crippen molar-refractivity contribution in [3.8, 4) is 0 Å². The minimum absolute atomic E-state index is 0.172. The molecule has 1 aromatic rings. The molecule has 3 rings (SSSR count). The molecule has 2 N–H and O–H groups in total. The maximum Gasteiger partial charge on any atom is 0.225 e. The molecule has 2 aliphatic rings. The number of nitrogens with zero attached hydrogens (tertiary/aromatic N) is 2. The van der Waals surface area contributed by atoms with E-state index in [1.807, 2.05) is 13.2 Å². The van der Waals surface area contributed by atoms with Gasteiger partial charge >= 0.3 is 0 Å². The van der Waals surface area contributed by atoms with E-state index in [9.17, 15) is 4.79 Å². The van der Waals surface area contributed by atoms with E-state index >= 15 is 0 Å². The van der Waals surface area contributed by atoms with Crippen LogP contribution >= 0.6 is 0 Å². The van der Waals surface area contributed by atoms with Crippen molar-refractivity contribution in [3.05, 3.63) is 18.0 Å². The second kappa shape index (κ2) is 4.14. The lowest BCUT2D eigenvalue weighted by Gasteiger charge is -2.19. The van der Waals surface area contributed by atoms with Gasteiger partial charge in [-0.3, -0.25) is 9.48 Å². The first-order valence-electron chi connectivity index (χ1n) is 6.23. The Balaban J connectivity index is 1.54. The third-order valence-electron chi connectivity index (χ3n) is 3.86. The van der Waals surface area contributed by atoms with Crippen LogP contribution < -0.4 is 10.6 Å². The van der Waals surface area contributed by atoms with Crippen molar-refractivity contribution in [2.24, 2.45) is 13.0 Å². The van der Waals surface area contributed by atoms with E-state index in [4.69, 9.17) is 0 Å². The fourth-order valence-corrected chi connectivity index (χ4v) is 3.00. The molecule has 0 aliphatic carbocycles. The van der Waals surface area contributed by atoms with Crippen LogP contribution in [-0.4, -0.2) is 27.8 Å². The lowest BCUT2D eigenvalue weighted by atomic mass is 9.88. The van der Waals surface area contributed by atoms with Crippen molar-refractivity contribution in [1.29, 1.82) is 0 Å². The summed E-state index contributed by atoms with van der Waals surface area (Å²) >= 11 is 0. The Morgan fingerprint density at radius 2 is 2.53 bits per heavy atom. The van der Waals surface area contributed by atoms with E-state index in [1.54, 1.807) is 10.9 Å². The first-order valence-corrected chi connectivity index (χ1v) is 6.23. The number of nitrogens with one attached hydrogen (secondary N) is 2. The highest BCUT2D eigenvalue weighted by atomic mass is 16.1. The van der Waals surface area contributed by atoms with Crippen LogP contribution in [0, 0.1) is 5.92 Å². The summed E-state index contributed by atoms with van der Waals surface area (Å²) in [6, 6.07) is 0.989. The Morgan fingerprint density at radius 1 is 1.65 bits per heavy atom. The SMILES string of the molecule is Cn1cc(CNC(=O)C2CC3CCC2N3)cn1. The Kier molecular flexibility index (Phi) is 2.63. The number of amides is 1. The Bertz CT molecular complexity index is 428. The summed E-state index contributed by atoms with van der Waals surface area (Å²) in [6.07, 6.45) is 7.11. The minimum Gasteiger partial charge on any atom is -0.352 e. The normalized spacial score (nSPS) is 30.8. The summed E-state index contributed by atoms with van der Waals surface area (Å²) in [7, 11) is 1.88. The third kappa shape index (κ3) is 2.07. The van der Waals surface area contributed by atoms with E-state index in [-0.39, 0.29) is 11.8 Å². The van der Waals surface area contributed by atoms with Gasteiger partial charge in [-0.2, -0.15) is 5.10 Å². The molecule has 0 spiro atoms. The van der Waals surface area contributed by atoms with Crippen LogP contribution in [0.5, 0.6) is 0 Å². The number of hydrogen-bond donors (Lipinski definition) is 2. The van der Waals surface area contributed by atoms with Gasteiger partial charge in [-0.25, -0.2) is 0 Å². The van der Waals surface area contributed by atoms with E-state index in [2.05, 4.69) is 15.7 Å². The van der Waals surface area contributed by atoms with Crippen LogP contribution in [0.1, 0.15) is 24.8 Å². The van der Waals surface area contributed by atoms with Crippen molar-refractivity contribution in [1.82, 2.24) is 20.4 Å². The largest absolute Gasteiger partial charge is 0.352 e. The molecule has 92 valence electrons. The van der Waals surface area contributed by atoms with Gasteiger partial charge in [-0.05, 0) is 19.3 Å². The van der Waals surface area contributed by atoms with Gasteiger partial charge in [0.15, 0.2) is 0 Å². The van der Waals surface area contributed by atoms with Crippen molar-refractivity contribution in [3.63, 3.8) is 0 Å². The van der Waals surface area contributed by atoms with Gasteiger partial charge in [-0.15, -0.1) is 0 Å². The van der Waals surface area contributed by atoms with Gasteiger partial charge < -0.3 is 10.6 Å². The second-order valence-corrected chi connectivity index (χ2v) is 5.13. The molecule has 2 bridgehead atoms. The average Bonchev–Trinajstić information content (AvgIpc) is 3.01. The summed E-state index contributed by atoms with van der Waals surface area (Å²) < 4.78 is 1.75. The molecule has 0 aromatic carbocycles. The van der Waals surface area contributed by atoms with E-state index in [0.29, 0.717) is 18.6 Å². The van der Waals surface area contributed by atoms with Crippen molar-refractivity contribution in [2.45, 2.75) is 37.9 Å². The van der Waals surface area contributed by atoms with E-state index in [1.165, 1.54) is 6.42 Å². The molecule has 2 saturated heterocycles. The molecule has 1 amide bonds. The van der Waals surface area contributed by atoms with Gasteiger partial charge in [0.1, 0.15) is 0 Å².